The van der Waals surface area contributed by atoms with E-state index in [1.807, 2.05) is 13.0 Å². The zero-order valence-electron chi connectivity index (χ0n) is 13.0. The predicted molar refractivity (Wildman–Crippen MR) is 88.9 cm³/mol. The molecule has 3 nitrogen and oxygen atoms in total. The Morgan fingerprint density at radius 1 is 1.29 bits per heavy atom. The molecule has 0 aromatic heterocycles. The van der Waals surface area contributed by atoms with Gasteiger partial charge in [-0.15, -0.1) is 0 Å². The lowest BCUT2D eigenvalue weighted by Gasteiger charge is -2.43. The normalized spacial score (nSPS) is 17.9. The third kappa shape index (κ3) is 3.78. The first kappa shape index (κ1) is 16.3. The molecule has 1 aliphatic rings. The van der Waals surface area contributed by atoms with Crippen LogP contribution in [0.3, 0.4) is 0 Å². The lowest BCUT2D eigenvalue weighted by Crippen LogP contribution is -2.59. The molecule has 5 heteroatoms. The molecule has 1 aliphatic heterocycles. The number of rotatable bonds is 4. The molecule has 2 N–H and O–H groups in total. The fraction of sp³-hybridized carbons (Fsp3) is 0.562. The number of benzene rings is 1. The summed E-state index contributed by atoms with van der Waals surface area (Å²) in [4.78, 5) is 5.28. The summed E-state index contributed by atoms with van der Waals surface area (Å²) >= 11 is 5.16. The first-order valence-corrected chi connectivity index (χ1v) is 7.74. The van der Waals surface area contributed by atoms with Gasteiger partial charge in [-0.1, -0.05) is 18.3 Å². The standard InChI is InChI=1S/C16H24FN3S/c1-12-10-14(17)5-4-13(12)11-19-6-8-20(9-7-19)16(2,3)15(18)21/h4-5,10H,6-9,11H2,1-3H3,(H2,18,21). The second-order valence-corrected chi connectivity index (χ2v) is 6.70. The SMILES string of the molecule is Cc1cc(F)ccc1CN1CCN(C(C)(C)C(N)=S)CC1. The minimum absolute atomic E-state index is 0.167. The van der Waals surface area contributed by atoms with E-state index in [9.17, 15) is 4.39 Å². The third-order valence-electron chi connectivity index (χ3n) is 4.46. The molecule has 0 radical (unpaired) electrons. The largest absolute Gasteiger partial charge is 0.392 e. The van der Waals surface area contributed by atoms with E-state index < -0.39 is 0 Å². The number of halogens is 1. The minimum atomic E-state index is -0.229. The van der Waals surface area contributed by atoms with E-state index >= 15 is 0 Å². The summed E-state index contributed by atoms with van der Waals surface area (Å²) in [5.41, 5.74) is 7.81. The van der Waals surface area contributed by atoms with Crippen LogP contribution in [0.4, 0.5) is 4.39 Å². The molecule has 0 unspecified atom stereocenters. The first-order chi connectivity index (χ1) is 9.80. The van der Waals surface area contributed by atoms with Gasteiger partial charge in [0.2, 0.25) is 0 Å². The van der Waals surface area contributed by atoms with Crippen LogP contribution in [-0.2, 0) is 6.54 Å². The summed E-state index contributed by atoms with van der Waals surface area (Å²) in [7, 11) is 0. The maximum atomic E-state index is 13.1. The van der Waals surface area contributed by atoms with Crippen molar-refractivity contribution in [3.63, 3.8) is 0 Å². The van der Waals surface area contributed by atoms with Crippen LogP contribution in [-0.4, -0.2) is 46.5 Å². The van der Waals surface area contributed by atoms with Gasteiger partial charge in [-0.2, -0.15) is 0 Å². The summed E-state index contributed by atoms with van der Waals surface area (Å²) in [5, 5.41) is 0. The molecular weight excluding hydrogens is 285 g/mol. The number of nitrogens with zero attached hydrogens (tertiary/aromatic N) is 2. The van der Waals surface area contributed by atoms with Gasteiger partial charge in [-0.25, -0.2) is 4.39 Å². The van der Waals surface area contributed by atoms with Gasteiger partial charge in [0, 0.05) is 32.7 Å². The molecule has 1 aromatic carbocycles. The molecule has 116 valence electrons. The number of nitrogens with two attached hydrogens (primary N) is 1. The monoisotopic (exact) mass is 309 g/mol. The molecule has 2 rings (SSSR count). The molecule has 1 fully saturated rings. The van der Waals surface area contributed by atoms with E-state index in [4.69, 9.17) is 18.0 Å². The van der Waals surface area contributed by atoms with Crippen molar-refractivity contribution in [2.24, 2.45) is 5.73 Å². The fourth-order valence-corrected chi connectivity index (χ4v) is 2.83. The molecule has 1 aromatic rings. The Kier molecular flexibility index (Phi) is 4.96. The molecule has 0 atom stereocenters. The third-order valence-corrected chi connectivity index (χ3v) is 4.96. The van der Waals surface area contributed by atoms with Crippen LogP contribution in [0.2, 0.25) is 0 Å². The van der Waals surface area contributed by atoms with Gasteiger partial charge in [-0.05, 0) is 44.0 Å². The lowest BCUT2D eigenvalue weighted by molar-refractivity contribution is 0.0820. The molecular formula is C16H24FN3S. The van der Waals surface area contributed by atoms with Crippen molar-refractivity contribution in [1.82, 2.24) is 9.80 Å². The summed E-state index contributed by atoms with van der Waals surface area (Å²) in [6.07, 6.45) is 0. The van der Waals surface area contributed by atoms with E-state index in [2.05, 4.69) is 23.6 Å². The summed E-state index contributed by atoms with van der Waals surface area (Å²) in [5.74, 6) is -0.167. The highest BCUT2D eigenvalue weighted by atomic mass is 32.1. The molecule has 1 heterocycles. The maximum Gasteiger partial charge on any atom is 0.123 e. The predicted octanol–water partition coefficient (Wildman–Crippen LogP) is 2.32. The number of hydrogen-bond acceptors (Lipinski definition) is 3. The van der Waals surface area contributed by atoms with Gasteiger partial charge < -0.3 is 5.73 Å². The van der Waals surface area contributed by atoms with Gasteiger partial charge in [0.15, 0.2) is 0 Å². The Hall–Kier alpha value is -1.04. The Labute approximate surface area is 131 Å². The molecule has 0 aliphatic carbocycles. The van der Waals surface area contributed by atoms with Crippen molar-refractivity contribution in [3.05, 3.63) is 35.1 Å². The minimum Gasteiger partial charge on any atom is -0.392 e. The summed E-state index contributed by atoms with van der Waals surface area (Å²) in [6, 6.07) is 5.02. The van der Waals surface area contributed by atoms with Crippen molar-refractivity contribution >= 4 is 17.2 Å². The Balaban J connectivity index is 1.94. The Bertz CT molecular complexity index is 522. The van der Waals surface area contributed by atoms with Gasteiger partial charge in [0.1, 0.15) is 5.82 Å². The van der Waals surface area contributed by atoms with Crippen LogP contribution in [0.25, 0.3) is 0 Å². The fourth-order valence-electron chi connectivity index (χ4n) is 2.70. The summed E-state index contributed by atoms with van der Waals surface area (Å²) < 4.78 is 13.1. The molecule has 0 bridgehead atoms. The van der Waals surface area contributed by atoms with Gasteiger partial charge >= 0.3 is 0 Å². The van der Waals surface area contributed by atoms with Crippen molar-refractivity contribution in [1.29, 1.82) is 0 Å². The van der Waals surface area contributed by atoms with Gasteiger partial charge in [0.05, 0.1) is 10.5 Å². The highest BCUT2D eigenvalue weighted by molar-refractivity contribution is 7.80. The number of aryl methyl sites for hydroxylation is 1. The van der Waals surface area contributed by atoms with Gasteiger partial charge in [0.25, 0.3) is 0 Å². The van der Waals surface area contributed by atoms with Crippen molar-refractivity contribution in [2.75, 3.05) is 26.2 Å². The van der Waals surface area contributed by atoms with Crippen LogP contribution >= 0.6 is 12.2 Å². The smallest absolute Gasteiger partial charge is 0.123 e. The van der Waals surface area contributed by atoms with E-state index in [-0.39, 0.29) is 11.4 Å². The Morgan fingerprint density at radius 2 is 1.90 bits per heavy atom. The number of piperazine rings is 1. The molecule has 0 amide bonds. The quantitative estimate of drug-likeness (QED) is 0.865. The van der Waals surface area contributed by atoms with Crippen LogP contribution in [0.1, 0.15) is 25.0 Å². The van der Waals surface area contributed by atoms with E-state index in [0.717, 1.165) is 38.3 Å². The second kappa shape index (κ2) is 6.38. The molecule has 0 saturated carbocycles. The van der Waals surface area contributed by atoms with Gasteiger partial charge in [-0.3, -0.25) is 9.80 Å². The number of thiocarbonyl (C=S) groups is 1. The van der Waals surface area contributed by atoms with Crippen molar-refractivity contribution in [3.8, 4) is 0 Å². The molecule has 21 heavy (non-hydrogen) atoms. The second-order valence-electron chi connectivity index (χ2n) is 6.26. The topological polar surface area (TPSA) is 32.5 Å². The summed E-state index contributed by atoms with van der Waals surface area (Å²) in [6.45, 7) is 10.8. The van der Waals surface area contributed by atoms with Crippen LogP contribution < -0.4 is 5.73 Å². The molecule has 0 spiro atoms. The number of hydrogen-bond donors (Lipinski definition) is 1. The maximum absolute atomic E-state index is 13.1. The lowest BCUT2D eigenvalue weighted by atomic mass is 10.0. The average Bonchev–Trinajstić information content (AvgIpc) is 2.42. The van der Waals surface area contributed by atoms with Crippen LogP contribution in [0.15, 0.2) is 18.2 Å². The highest BCUT2D eigenvalue weighted by Gasteiger charge is 2.32. The highest BCUT2D eigenvalue weighted by Crippen LogP contribution is 2.19. The Morgan fingerprint density at radius 3 is 2.43 bits per heavy atom. The van der Waals surface area contributed by atoms with Crippen molar-refractivity contribution < 1.29 is 4.39 Å². The van der Waals surface area contributed by atoms with Crippen LogP contribution in [0.5, 0.6) is 0 Å². The van der Waals surface area contributed by atoms with E-state index in [1.165, 1.54) is 11.6 Å². The first-order valence-electron chi connectivity index (χ1n) is 7.33. The average molecular weight is 309 g/mol. The molecule has 1 saturated heterocycles. The van der Waals surface area contributed by atoms with Crippen LogP contribution in [0, 0.1) is 12.7 Å². The van der Waals surface area contributed by atoms with Crippen molar-refractivity contribution in [2.45, 2.75) is 32.9 Å². The zero-order chi connectivity index (χ0) is 15.6. The van der Waals surface area contributed by atoms with E-state index in [0.29, 0.717) is 4.99 Å². The zero-order valence-corrected chi connectivity index (χ0v) is 13.8. The van der Waals surface area contributed by atoms with E-state index in [1.54, 1.807) is 6.07 Å².